The van der Waals surface area contributed by atoms with E-state index in [0.29, 0.717) is 32.0 Å². The molecular formula is C19H15ClFN3O2S. The molecule has 0 aliphatic carbocycles. The van der Waals surface area contributed by atoms with Gasteiger partial charge in [0.25, 0.3) is 5.91 Å². The second kappa shape index (κ2) is 7.85. The number of carbonyl (C=O) groups excluding carboxylic acids is 2. The number of nitrogens with zero attached hydrogens (tertiary/aromatic N) is 1. The SMILES string of the molecule is CC(=O)Nc1ccc(NC(=O)c2sc(-c3ccc(F)cc3)nc2C)c(Cl)c1. The predicted octanol–water partition coefficient (Wildman–Crippen LogP) is 5.12. The van der Waals surface area contributed by atoms with E-state index in [1.165, 1.54) is 30.4 Å². The first-order chi connectivity index (χ1) is 12.8. The van der Waals surface area contributed by atoms with Gasteiger partial charge in [-0.25, -0.2) is 9.37 Å². The molecule has 3 aromatic rings. The van der Waals surface area contributed by atoms with Gasteiger partial charge in [0.1, 0.15) is 15.7 Å². The number of aryl methyl sites for hydroxylation is 1. The van der Waals surface area contributed by atoms with Crippen molar-refractivity contribution in [3.05, 3.63) is 63.9 Å². The maximum absolute atomic E-state index is 13.1. The van der Waals surface area contributed by atoms with Crippen molar-refractivity contribution >= 4 is 46.1 Å². The van der Waals surface area contributed by atoms with E-state index in [1.54, 1.807) is 37.3 Å². The van der Waals surface area contributed by atoms with Gasteiger partial charge in [-0.15, -0.1) is 11.3 Å². The quantitative estimate of drug-likeness (QED) is 0.635. The van der Waals surface area contributed by atoms with Crippen LogP contribution in [0.25, 0.3) is 10.6 Å². The molecule has 2 amide bonds. The second-order valence-electron chi connectivity index (χ2n) is 5.77. The predicted molar refractivity (Wildman–Crippen MR) is 106 cm³/mol. The lowest BCUT2D eigenvalue weighted by atomic mass is 10.2. The molecule has 27 heavy (non-hydrogen) atoms. The Bertz CT molecular complexity index is 1020. The number of thiazole rings is 1. The van der Waals surface area contributed by atoms with Gasteiger partial charge in [-0.05, 0) is 49.4 Å². The fraction of sp³-hybridized carbons (Fsp3) is 0.105. The van der Waals surface area contributed by atoms with Crippen LogP contribution in [0.2, 0.25) is 5.02 Å². The molecule has 8 heteroatoms. The van der Waals surface area contributed by atoms with E-state index in [1.807, 2.05) is 0 Å². The summed E-state index contributed by atoms with van der Waals surface area (Å²) in [5.74, 6) is -0.883. The third-order valence-corrected chi connectivity index (χ3v) is 5.15. The molecule has 0 spiro atoms. The van der Waals surface area contributed by atoms with Crippen LogP contribution in [0.4, 0.5) is 15.8 Å². The first-order valence-corrected chi connectivity index (χ1v) is 9.15. The molecule has 2 N–H and O–H groups in total. The van der Waals surface area contributed by atoms with Crippen LogP contribution in [0.3, 0.4) is 0 Å². The van der Waals surface area contributed by atoms with Crippen LogP contribution >= 0.6 is 22.9 Å². The highest BCUT2D eigenvalue weighted by atomic mass is 35.5. The van der Waals surface area contributed by atoms with Crippen LogP contribution in [0.1, 0.15) is 22.3 Å². The fourth-order valence-electron chi connectivity index (χ4n) is 2.40. The van der Waals surface area contributed by atoms with Crippen molar-refractivity contribution in [2.75, 3.05) is 10.6 Å². The van der Waals surface area contributed by atoms with Gasteiger partial charge in [0.15, 0.2) is 0 Å². The van der Waals surface area contributed by atoms with Crippen molar-refractivity contribution in [1.82, 2.24) is 4.98 Å². The molecule has 0 aliphatic heterocycles. The molecule has 3 rings (SSSR count). The van der Waals surface area contributed by atoms with Gasteiger partial charge in [-0.2, -0.15) is 0 Å². The molecule has 2 aromatic carbocycles. The van der Waals surface area contributed by atoms with Crippen molar-refractivity contribution in [2.24, 2.45) is 0 Å². The number of nitrogens with one attached hydrogen (secondary N) is 2. The van der Waals surface area contributed by atoms with Gasteiger partial charge in [0, 0.05) is 18.2 Å². The van der Waals surface area contributed by atoms with E-state index in [0.717, 1.165) is 5.56 Å². The van der Waals surface area contributed by atoms with Gasteiger partial charge in [0.05, 0.1) is 16.4 Å². The van der Waals surface area contributed by atoms with Gasteiger partial charge in [0.2, 0.25) is 5.91 Å². The molecule has 138 valence electrons. The van der Waals surface area contributed by atoms with Crippen molar-refractivity contribution in [2.45, 2.75) is 13.8 Å². The summed E-state index contributed by atoms with van der Waals surface area (Å²) in [6.45, 7) is 3.13. The number of anilines is 2. The lowest BCUT2D eigenvalue weighted by Gasteiger charge is -2.09. The third-order valence-electron chi connectivity index (χ3n) is 3.63. The lowest BCUT2D eigenvalue weighted by Crippen LogP contribution is -2.12. The molecule has 0 saturated carbocycles. The standard InChI is InChI=1S/C19H15ClFN3O2S/c1-10-17(27-19(22-10)12-3-5-13(21)6-4-12)18(26)24-16-8-7-14(9-15(16)20)23-11(2)25/h3-9H,1-2H3,(H,23,25)(H,24,26). The topological polar surface area (TPSA) is 71.1 Å². The second-order valence-corrected chi connectivity index (χ2v) is 7.18. The normalized spacial score (nSPS) is 10.5. The molecule has 0 fully saturated rings. The van der Waals surface area contributed by atoms with E-state index >= 15 is 0 Å². The molecule has 0 unspecified atom stereocenters. The summed E-state index contributed by atoms with van der Waals surface area (Å²) in [6, 6.07) is 10.8. The minimum Gasteiger partial charge on any atom is -0.326 e. The Hall–Kier alpha value is -2.77. The first kappa shape index (κ1) is 19.0. The van der Waals surface area contributed by atoms with Gasteiger partial charge in [-0.1, -0.05) is 11.6 Å². The molecule has 0 aliphatic rings. The van der Waals surface area contributed by atoms with Crippen LogP contribution in [0.15, 0.2) is 42.5 Å². The van der Waals surface area contributed by atoms with E-state index in [9.17, 15) is 14.0 Å². The van der Waals surface area contributed by atoms with Gasteiger partial charge in [-0.3, -0.25) is 9.59 Å². The third kappa shape index (κ3) is 4.50. The van der Waals surface area contributed by atoms with Crippen LogP contribution in [-0.2, 0) is 4.79 Å². The first-order valence-electron chi connectivity index (χ1n) is 7.95. The number of aromatic nitrogens is 1. The van der Waals surface area contributed by atoms with E-state index in [4.69, 9.17) is 11.6 Å². The molecule has 0 saturated heterocycles. The maximum Gasteiger partial charge on any atom is 0.267 e. The number of rotatable bonds is 4. The van der Waals surface area contributed by atoms with Crippen molar-refractivity contribution in [3.63, 3.8) is 0 Å². The summed E-state index contributed by atoms with van der Waals surface area (Å²) < 4.78 is 13.1. The van der Waals surface area contributed by atoms with Gasteiger partial charge >= 0.3 is 0 Å². The number of hydrogen-bond donors (Lipinski definition) is 2. The summed E-state index contributed by atoms with van der Waals surface area (Å²) in [5, 5.41) is 6.30. The minimum atomic E-state index is -0.340. The molecule has 1 heterocycles. The Labute approximate surface area is 164 Å². The summed E-state index contributed by atoms with van der Waals surface area (Å²) in [4.78, 5) is 28.6. The summed E-state index contributed by atoms with van der Waals surface area (Å²) in [7, 11) is 0. The highest BCUT2D eigenvalue weighted by molar-refractivity contribution is 7.17. The van der Waals surface area contributed by atoms with Crippen LogP contribution in [0, 0.1) is 12.7 Å². The van der Waals surface area contributed by atoms with E-state index < -0.39 is 0 Å². The van der Waals surface area contributed by atoms with E-state index in [2.05, 4.69) is 15.6 Å². The zero-order valence-electron chi connectivity index (χ0n) is 14.5. The molecule has 0 bridgehead atoms. The zero-order chi connectivity index (χ0) is 19.6. The fourth-order valence-corrected chi connectivity index (χ4v) is 3.59. The van der Waals surface area contributed by atoms with Crippen LogP contribution < -0.4 is 10.6 Å². The number of carbonyl (C=O) groups is 2. The number of hydrogen-bond acceptors (Lipinski definition) is 4. The number of amides is 2. The van der Waals surface area contributed by atoms with E-state index in [-0.39, 0.29) is 17.6 Å². The Morgan fingerprint density at radius 1 is 1.11 bits per heavy atom. The summed E-state index contributed by atoms with van der Waals surface area (Å²) >= 11 is 7.40. The number of halogens is 2. The summed E-state index contributed by atoms with van der Waals surface area (Å²) in [6.07, 6.45) is 0. The molecule has 5 nitrogen and oxygen atoms in total. The molecule has 1 aromatic heterocycles. The average Bonchev–Trinajstić information content (AvgIpc) is 2.99. The lowest BCUT2D eigenvalue weighted by molar-refractivity contribution is -0.114. The van der Waals surface area contributed by atoms with Crippen molar-refractivity contribution < 1.29 is 14.0 Å². The Morgan fingerprint density at radius 3 is 2.44 bits per heavy atom. The highest BCUT2D eigenvalue weighted by Gasteiger charge is 2.17. The monoisotopic (exact) mass is 403 g/mol. The van der Waals surface area contributed by atoms with Crippen molar-refractivity contribution in [3.8, 4) is 10.6 Å². The largest absolute Gasteiger partial charge is 0.326 e. The molecule has 0 radical (unpaired) electrons. The zero-order valence-corrected chi connectivity index (χ0v) is 16.0. The Kier molecular flexibility index (Phi) is 5.53. The molecular weight excluding hydrogens is 389 g/mol. The van der Waals surface area contributed by atoms with Crippen molar-refractivity contribution in [1.29, 1.82) is 0 Å². The summed E-state index contributed by atoms with van der Waals surface area (Å²) in [5.41, 5.74) is 2.27. The number of benzene rings is 2. The smallest absolute Gasteiger partial charge is 0.267 e. The average molecular weight is 404 g/mol. The minimum absolute atomic E-state index is 0.212. The maximum atomic E-state index is 13.1. The van der Waals surface area contributed by atoms with Crippen LogP contribution in [0.5, 0.6) is 0 Å². The Morgan fingerprint density at radius 2 is 1.81 bits per heavy atom. The highest BCUT2D eigenvalue weighted by Crippen LogP contribution is 2.30. The molecule has 0 atom stereocenters. The van der Waals surface area contributed by atoms with Crippen LogP contribution in [-0.4, -0.2) is 16.8 Å². The van der Waals surface area contributed by atoms with Gasteiger partial charge < -0.3 is 10.6 Å². The Balaban J connectivity index is 1.80.